The fourth-order valence-corrected chi connectivity index (χ4v) is 4.77. The van der Waals surface area contributed by atoms with E-state index in [1.807, 2.05) is 4.98 Å². The van der Waals surface area contributed by atoms with Crippen molar-refractivity contribution in [3.63, 3.8) is 0 Å². The number of carbonyl (C=O) groups is 1. The molecule has 2 aromatic rings. The quantitative estimate of drug-likeness (QED) is 0.255. The molecule has 1 saturated heterocycles. The van der Waals surface area contributed by atoms with Crippen LogP contribution in [0, 0.1) is 0 Å². The van der Waals surface area contributed by atoms with Crippen molar-refractivity contribution in [3.8, 4) is 5.75 Å². The van der Waals surface area contributed by atoms with Gasteiger partial charge in [-0.1, -0.05) is 29.8 Å². The van der Waals surface area contributed by atoms with Crippen LogP contribution in [-0.4, -0.2) is 56.8 Å². The number of nitrogens with one attached hydrogen (secondary N) is 1. The molecule has 1 aliphatic heterocycles. The Balaban J connectivity index is 1.80. The lowest BCUT2D eigenvalue weighted by Crippen LogP contribution is -2.42. The Morgan fingerprint density at radius 1 is 1.28 bits per heavy atom. The van der Waals surface area contributed by atoms with E-state index >= 15 is 4.39 Å². The molecule has 1 aromatic heterocycles. The highest BCUT2D eigenvalue weighted by Crippen LogP contribution is 2.52. The third-order valence-corrected chi connectivity index (χ3v) is 6.70. The molecule has 1 fully saturated rings. The highest BCUT2D eigenvalue weighted by molar-refractivity contribution is 7.49. The molecule has 0 saturated carbocycles. The molecule has 2 heterocycles. The van der Waals surface area contributed by atoms with Gasteiger partial charge in [0.2, 0.25) is 0 Å². The first kappa shape index (κ1) is 28.0. The van der Waals surface area contributed by atoms with Gasteiger partial charge in [0.15, 0.2) is 12.3 Å². The lowest BCUT2D eigenvalue weighted by Gasteiger charge is -2.24. The van der Waals surface area contributed by atoms with Gasteiger partial charge in [-0.2, -0.15) is 0 Å². The van der Waals surface area contributed by atoms with Crippen LogP contribution in [0.1, 0.15) is 27.0 Å². The van der Waals surface area contributed by atoms with Gasteiger partial charge in [0.1, 0.15) is 18.0 Å². The fourth-order valence-electron chi connectivity index (χ4n) is 3.14. The van der Waals surface area contributed by atoms with Crippen LogP contribution in [0.2, 0.25) is 0 Å². The number of phosphoric acid groups is 1. The topological polar surface area (TPSA) is 155 Å². The zero-order valence-corrected chi connectivity index (χ0v) is 21.1. The molecule has 0 aliphatic carbocycles. The molecular formula is C21H25ClFN2O10P. The maximum atomic E-state index is 15.2. The van der Waals surface area contributed by atoms with Gasteiger partial charge in [0.05, 0.1) is 12.7 Å². The lowest BCUT2D eigenvalue weighted by molar-refractivity contribution is -0.156. The summed E-state index contributed by atoms with van der Waals surface area (Å²) < 4.78 is 55.6. The summed E-state index contributed by atoms with van der Waals surface area (Å²) in [5.74, 6) is -0.781. The van der Waals surface area contributed by atoms with Crippen LogP contribution in [0.15, 0.2) is 52.2 Å². The second-order valence-electron chi connectivity index (χ2n) is 8.04. The van der Waals surface area contributed by atoms with E-state index in [0.717, 1.165) is 12.3 Å². The van der Waals surface area contributed by atoms with Crippen molar-refractivity contribution in [2.75, 3.05) is 6.61 Å². The summed E-state index contributed by atoms with van der Waals surface area (Å²) in [6.07, 6.45) is -6.44. The monoisotopic (exact) mass is 550 g/mol. The molecule has 36 heavy (non-hydrogen) atoms. The van der Waals surface area contributed by atoms with Crippen LogP contribution in [-0.2, 0) is 27.9 Å². The number of phosphoric ester groups is 1. The average molecular weight is 551 g/mol. The lowest BCUT2D eigenvalue weighted by atomic mass is 10.1. The molecule has 12 nitrogen and oxygen atoms in total. The van der Waals surface area contributed by atoms with Gasteiger partial charge in [0, 0.05) is 12.3 Å². The van der Waals surface area contributed by atoms with Crippen LogP contribution < -0.4 is 15.8 Å². The number of halogens is 2. The molecular weight excluding hydrogens is 526 g/mol. The molecule has 2 unspecified atom stereocenters. The molecule has 198 valence electrons. The van der Waals surface area contributed by atoms with Gasteiger partial charge in [-0.15, -0.1) is 0 Å². The number of para-hydroxylation sites is 1. The molecule has 2 N–H and O–H groups in total. The van der Waals surface area contributed by atoms with Gasteiger partial charge in [-0.3, -0.25) is 23.4 Å². The van der Waals surface area contributed by atoms with Crippen molar-refractivity contribution in [3.05, 3.63) is 63.4 Å². The predicted octanol–water partition coefficient (Wildman–Crippen LogP) is 2.26. The number of aromatic amines is 1. The van der Waals surface area contributed by atoms with E-state index in [0.29, 0.717) is 4.57 Å². The number of hydrogen-bond acceptors (Lipinski definition) is 10. The molecule has 3 rings (SSSR count). The Morgan fingerprint density at radius 2 is 1.94 bits per heavy atom. The van der Waals surface area contributed by atoms with Gasteiger partial charge in [-0.05, 0) is 32.9 Å². The molecule has 0 amide bonds. The van der Waals surface area contributed by atoms with E-state index in [9.17, 15) is 24.1 Å². The predicted molar refractivity (Wildman–Crippen MR) is 123 cm³/mol. The molecule has 1 aromatic carbocycles. The number of benzene rings is 1. The number of nitrogens with zero attached hydrogens (tertiary/aromatic N) is 1. The molecule has 0 bridgehead atoms. The average Bonchev–Trinajstić information content (AvgIpc) is 3.01. The fraction of sp³-hybridized carbons (Fsp3) is 0.476. The largest absolute Gasteiger partial charge is 0.530 e. The minimum absolute atomic E-state index is 0.0630. The van der Waals surface area contributed by atoms with E-state index in [1.54, 1.807) is 32.0 Å². The van der Waals surface area contributed by atoms with Crippen LogP contribution in [0.25, 0.3) is 0 Å². The molecule has 6 atom stereocenters. The van der Waals surface area contributed by atoms with Crippen molar-refractivity contribution in [1.82, 2.24) is 9.55 Å². The minimum atomic E-state index is -4.60. The number of esters is 1. The van der Waals surface area contributed by atoms with Crippen molar-refractivity contribution in [2.45, 2.75) is 56.5 Å². The zero-order chi connectivity index (χ0) is 26.7. The number of ether oxygens (including phenoxy) is 2. The summed E-state index contributed by atoms with van der Waals surface area (Å²) in [7, 11) is -4.60. The number of aliphatic hydroxyl groups excluding tert-OH is 1. The van der Waals surface area contributed by atoms with Gasteiger partial charge in [0.25, 0.3) is 10.7 Å². The number of aromatic nitrogens is 2. The first-order valence-electron chi connectivity index (χ1n) is 10.7. The standard InChI is InChI=1S/C21H25ClFN2O10P/c1-12(2)32-18(28)13(3)34-36(30,35-14-7-5-4-6-8-14)31-11-15-17(27)21(22,23)19(33-15)25-10-9-16(26)24-20(25)29/h4-10,12-13,15,17,19,27H,11H2,1-3H3,(H,24,26,29)/t13-,15+,17+,19?,21+,36?/m0/s1. The van der Waals surface area contributed by atoms with Crippen LogP contribution in [0.5, 0.6) is 5.75 Å². The van der Waals surface area contributed by atoms with Gasteiger partial charge in [-0.25, -0.2) is 18.5 Å². The maximum absolute atomic E-state index is 15.2. The van der Waals surface area contributed by atoms with Crippen LogP contribution in [0.3, 0.4) is 0 Å². The van der Waals surface area contributed by atoms with E-state index < -0.39 is 67.4 Å². The van der Waals surface area contributed by atoms with E-state index in [-0.39, 0.29) is 5.75 Å². The Labute approximate surface area is 209 Å². The van der Waals surface area contributed by atoms with Gasteiger partial charge < -0.3 is 19.1 Å². The summed E-state index contributed by atoms with van der Waals surface area (Å²) in [6, 6.07) is 8.66. The highest BCUT2D eigenvalue weighted by Gasteiger charge is 2.58. The Kier molecular flexibility index (Phi) is 8.75. The second-order valence-corrected chi connectivity index (χ2v) is 10.2. The summed E-state index contributed by atoms with van der Waals surface area (Å²) in [5.41, 5.74) is -1.78. The van der Waals surface area contributed by atoms with Crippen molar-refractivity contribution < 1.29 is 41.9 Å². The summed E-state index contributed by atoms with van der Waals surface area (Å²) in [6.45, 7) is 3.70. The van der Waals surface area contributed by atoms with Crippen LogP contribution in [0.4, 0.5) is 4.39 Å². The number of alkyl halides is 2. The summed E-state index contributed by atoms with van der Waals surface area (Å²) in [5, 5.41) is 7.37. The number of hydrogen-bond donors (Lipinski definition) is 2. The SMILES string of the molecule is CC(C)OC(=O)[C@H](C)OP(=O)(OC[C@H]1OC(n2ccc(=O)[nH]c2=O)[C@@](F)(Cl)[C@@H]1O)Oc1ccccc1. The van der Waals surface area contributed by atoms with E-state index in [2.05, 4.69) is 0 Å². The Morgan fingerprint density at radius 3 is 2.56 bits per heavy atom. The number of aliphatic hydroxyl groups is 1. The van der Waals surface area contributed by atoms with E-state index in [1.165, 1.54) is 19.1 Å². The highest BCUT2D eigenvalue weighted by atomic mass is 35.5. The third-order valence-electron chi connectivity index (χ3n) is 4.81. The summed E-state index contributed by atoms with van der Waals surface area (Å²) >= 11 is 5.84. The second kappa shape index (κ2) is 11.2. The number of carbonyl (C=O) groups excluding carboxylic acids is 1. The van der Waals surface area contributed by atoms with Crippen molar-refractivity contribution >= 4 is 25.4 Å². The van der Waals surface area contributed by atoms with Crippen molar-refractivity contribution in [1.29, 1.82) is 0 Å². The van der Waals surface area contributed by atoms with E-state index in [4.69, 9.17) is 34.6 Å². The maximum Gasteiger partial charge on any atom is 0.530 e. The zero-order valence-electron chi connectivity index (χ0n) is 19.4. The molecule has 0 spiro atoms. The smallest absolute Gasteiger partial charge is 0.461 e. The van der Waals surface area contributed by atoms with Crippen molar-refractivity contribution in [2.24, 2.45) is 0 Å². The van der Waals surface area contributed by atoms with Crippen LogP contribution >= 0.6 is 19.4 Å². The Hall–Kier alpha value is -2.54. The van der Waals surface area contributed by atoms with Gasteiger partial charge >= 0.3 is 19.5 Å². The molecule has 0 radical (unpaired) electrons. The first-order chi connectivity index (χ1) is 16.8. The normalized spacial score (nSPS) is 26.4. The number of rotatable bonds is 10. The summed E-state index contributed by atoms with van der Waals surface area (Å²) in [4.78, 5) is 37.5. The number of H-pyrrole nitrogens is 1. The minimum Gasteiger partial charge on any atom is -0.461 e. The molecule has 1 aliphatic rings. The Bertz CT molecular complexity index is 1220. The third kappa shape index (κ3) is 6.61. The first-order valence-corrected chi connectivity index (χ1v) is 12.6. The molecule has 15 heteroatoms.